The fourth-order valence-corrected chi connectivity index (χ4v) is 3.08. The van der Waals surface area contributed by atoms with Crippen LogP contribution < -0.4 is 15.4 Å². The van der Waals surface area contributed by atoms with Crippen LogP contribution in [0.1, 0.15) is 22.8 Å². The zero-order valence-electron chi connectivity index (χ0n) is 17.0. The normalized spacial score (nSPS) is 10.5. The average Bonchev–Trinajstić information content (AvgIpc) is 2.73. The van der Waals surface area contributed by atoms with Gasteiger partial charge in [-0.1, -0.05) is 12.1 Å². The minimum absolute atomic E-state index is 0.210. The maximum Gasteiger partial charge on any atom is 0.257 e. The molecule has 4 aromatic rings. The molecular formula is C24H20N4O3. The van der Waals surface area contributed by atoms with E-state index in [-0.39, 0.29) is 11.8 Å². The Morgan fingerprint density at radius 3 is 2.55 bits per heavy atom. The van der Waals surface area contributed by atoms with Gasteiger partial charge in [0.2, 0.25) is 5.91 Å². The second-order valence-electron chi connectivity index (χ2n) is 7.06. The number of fused-ring (bicyclic) bond motifs is 1. The molecule has 2 aromatic carbocycles. The molecule has 0 fully saturated rings. The lowest BCUT2D eigenvalue weighted by Crippen LogP contribution is -2.12. The van der Waals surface area contributed by atoms with Gasteiger partial charge in [0.05, 0.1) is 11.1 Å². The average molecular weight is 412 g/mol. The van der Waals surface area contributed by atoms with E-state index in [0.717, 1.165) is 22.2 Å². The first-order valence-electron chi connectivity index (χ1n) is 9.65. The second kappa shape index (κ2) is 8.62. The number of pyridine rings is 2. The Bertz CT molecular complexity index is 1290. The molecule has 2 N–H and O–H groups in total. The lowest BCUT2D eigenvalue weighted by molar-refractivity contribution is -0.114. The molecule has 7 nitrogen and oxygen atoms in total. The Morgan fingerprint density at radius 1 is 0.903 bits per heavy atom. The number of anilines is 2. The molecular weight excluding hydrogens is 392 g/mol. The van der Waals surface area contributed by atoms with Gasteiger partial charge < -0.3 is 15.4 Å². The smallest absolute Gasteiger partial charge is 0.257 e. The monoisotopic (exact) mass is 412 g/mol. The Hall–Kier alpha value is -4.26. The number of ether oxygens (including phenoxy) is 1. The van der Waals surface area contributed by atoms with Gasteiger partial charge >= 0.3 is 0 Å². The van der Waals surface area contributed by atoms with Crippen LogP contribution in [0.4, 0.5) is 11.5 Å². The number of aryl methyl sites for hydroxylation is 1. The molecule has 2 amide bonds. The van der Waals surface area contributed by atoms with Gasteiger partial charge in [-0.3, -0.25) is 14.6 Å². The van der Waals surface area contributed by atoms with Crippen LogP contribution in [0.3, 0.4) is 0 Å². The number of hydrogen-bond donors (Lipinski definition) is 2. The summed E-state index contributed by atoms with van der Waals surface area (Å²) in [6.07, 6.45) is 3.10. The molecule has 7 heteroatoms. The summed E-state index contributed by atoms with van der Waals surface area (Å²) in [5.41, 5.74) is 2.99. The summed E-state index contributed by atoms with van der Waals surface area (Å²) in [4.78, 5) is 32.3. The van der Waals surface area contributed by atoms with Crippen molar-refractivity contribution in [1.29, 1.82) is 0 Å². The first kappa shape index (κ1) is 20.0. The number of nitrogens with one attached hydrogen (secondary N) is 2. The molecule has 0 saturated carbocycles. The van der Waals surface area contributed by atoms with Gasteiger partial charge in [-0.2, -0.15) is 0 Å². The number of carbonyl (C=O) groups is 2. The Labute approximate surface area is 179 Å². The number of hydrogen-bond acceptors (Lipinski definition) is 5. The quantitative estimate of drug-likeness (QED) is 0.484. The van der Waals surface area contributed by atoms with Gasteiger partial charge in [-0.25, -0.2) is 4.98 Å². The zero-order chi connectivity index (χ0) is 21.8. The van der Waals surface area contributed by atoms with E-state index in [4.69, 9.17) is 4.74 Å². The topological polar surface area (TPSA) is 93.2 Å². The van der Waals surface area contributed by atoms with Gasteiger partial charge in [0.25, 0.3) is 5.91 Å². The van der Waals surface area contributed by atoms with Crippen LogP contribution >= 0.6 is 0 Å². The predicted octanol–water partition coefficient (Wildman–Crippen LogP) is 4.94. The second-order valence-corrected chi connectivity index (χ2v) is 7.06. The standard InChI is InChI=1S/C24H20N4O3/c1-15-4-3-5-19(10-15)28-24(30)18-11-17-12-20(6-7-22(17)26-14-18)31-21-8-9-25-23(13-21)27-16(2)29/h3-14H,1-2H3,(H,28,30)(H,25,27,29). The van der Waals surface area contributed by atoms with Crippen molar-refractivity contribution in [3.05, 3.63) is 84.2 Å². The lowest BCUT2D eigenvalue weighted by atomic mass is 10.1. The molecule has 0 aliphatic carbocycles. The van der Waals surface area contributed by atoms with E-state index in [0.29, 0.717) is 22.9 Å². The molecule has 0 bridgehead atoms. The fraction of sp³-hybridized carbons (Fsp3) is 0.0833. The SMILES string of the molecule is CC(=O)Nc1cc(Oc2ccc3ncc(C(=O)Nc4cccc(C)c4)cc3c2)ccn1. The summed E-state index contributed by atoms with van der Waals surface area (Å²) >= 11 is 0. The van der Waals surface area contributed by atoms with Crippen molar-refractivity contribution in [2.24, 2.45) is 0 Å². The molecule has 0 saturated heterocycles. The van der Waals surface area contributed by atoms with Crippen LogP contribution in [0, 0.1) is 6.92 Å². The Balaban J connectivity index is 1.56. The lowest BCUT2D eigenvalue weighted by Gasteiger charge is -2.09. The van der Waals surface area contributed by atoms with E-state index in [9.17, 15) is 9.59 Å². The van der Waals surface area contributed by atoms with E-state index >= 15 is 0 Å². The maximum atomic E-state index is 12.6. The zero-order valence-corrected chi connectivity index (χ0v) is 17.0. The maximum absolute atomic E-state index is 12.6. The minimum Gasteiger partial charge on any atom is -0.457 e. The molecule has 0 radical (unpaired) electrons. The number of carbonyl (C=O) groups excluding carboxylic acids is 2. The third-order valence-electron chi connectivity index (χ3n) is 4.46. The molecule has 154 valence electrons. The van der Waals surface area contributed by atoms with Crippen molar-refractivity contribution < 1.29 is 14.3 Å². The summed E-state index contributed by atoms with van der Waals surface area (Å²) in [5.74, 6) is 1.06. The molecule has 2 heterocycles. The molecule has 2 aromatic heterocycles. The van der Waals surface area contributed by atoms with Crippen LogP contribution in [0.15, 0.2) is 73.1 Å². The number of nitrogens with zero attached hydrogens (tertiary/aromatic N) is 2. The van der Waals surface area contributed by atoms with Crippen molar-refractivity contribution in [2.45, 2.75) is 13.8 Å². The van der Waals surface area contributed by atoms with Crippen molar-refractivity contribution >= 4 is 34.2 Å². The molecule has 4 rings (SSSR count). The van der Waals surface area contributed by atoms with E-state index < -0.39 is 0 Å². The third-order valence-corrected chi connectivity index (χ3v) is 4.46. The van der Waals surface area contributed by atoms with Crippen LogP contribution in [0.5, 0.6) is 11.5 Å². The predicted molar refractivity (Wildman–Crippen MR) is 119 cm³/mol. The number of amides is 2. The highest BCUT2D eigenvalue weighted by Crippen LogP contribution is 2.26. The Kier molecular flexibility index (Phi) is 5.57. The highest BCUT2D eigenvalue weighted by Gasteiger charge is 2.09. The summed E-state index contributed by atoms with van der Waals surface area (Å²) < 4.78 is 5.90. The highest BCUT2D eigenvalue weighted by molar-refractivity contribution is 6.05. The summed E-state index contributed by atoms with van der Waals surface area (Å²) in [6, 6.07) is 18.1. The molecule has 0 atom stereocenters. The molecule has 0 aliphatic rings. The number of aromatic nitrogens is 2. The number of benzene rings is 2. The van der Waals surface area contributed by atoms with Crippen LogP contribution in [0.25, 0.3) is 10.9 Å². The summed E-state index contributed by atoms with van der Waals surface area (Å²) in [6.45, 7) is 3.38. The van der Waals surface area contributed by atoms with Gasteiger partial charge in [0, 0.05) is 36.5 Å². The molecule has 0 unspecified atom stereocenters. The largest absolute Gasteiger partial charge is 0.457 e. The molecule has 31 heavy (non-hydrogen) atoms. The van der Waals surface area contributed by atoms with Gasteiger partial charge in [0.1, 0.15) is 17.3 Å². The van der Waals surface area contributed by atoms with Crippen LogP contribution in [-0.4, -0.2) is 21.8 Å². The van der Waals surface area contributed by atoms with Crippen molar-refractivity contribution in [3.63, 3.8) is 0 Å². The van der Waals surface area contributed by atoms with Gasteiger partial charge in [-0.15, -0.1) is 0 Å². The molecule has 0 aliphatic heterocycles. The van der Waals surface area contributed by atoms with Crippen molar-refractivity contribution in [1.82, 2.24) is 9.97 Å². The summed E-state index contributed by atoms with van der Waals surface area (Å²) in [7, 11) is 0. The first-order valence-corrected chi connectivity index (χ1v) is 9.65. The first-order chi connectivity index (χ1) is 15.0. The third kappa shape index (κ3) is 5.02. The van der Waals surface area contributed by atoms with E-state index in [1.54, 1.807) is 36.7 Å². The Morgan fingerprint density at radius 2 is 1.74 bits per heavy atom. The number of rotatable bonds is 5. The van der Waals surface area contributed by atoms with Crippen LogP contribution in [-0.2, 0) is 4.79 Å². The summed E-state index contributed by atoms with van der Waals surface area (Å²) in [5, 5.41) is 6.28. The van der Waals surface area contributed by atoms with Gasteiger partial charge in [-0.05, 0) is 55.0 Å². The van der Waals surface area contributed by atoms with E-state index in [1.807, 2.05) is 43.3 Å². The highest BCUT2D eigenvalue weighted by atomic mass is 16.5. The van der Waals surface area contributed by atoms with Crippen molar-refractivity contribution in [2.75, 3.05) is 10.6 Å². The van der Waals surface area contributed by atoms with E-state index in [1.165, 1.54) is 6.92 Å². The van der Waals surface area contributed by atoms with E-state index in [2.05, 4.69) is 20.6 Å². The fourth-order valence-electron chi connectivity index (χ4n) is 3.08. The van der Waals surface area contributed by atoms with Crippen LogP contribution in [0.2, 0.25) is 0 Å². The minimum atomic E-state index is -0.236. The van der Waals surface area contributed by atoms with Crippen molar-refractivity contribution in [3.8, 4) is 11.5 Å². The van der Waals surface area contributed by atoms with Gasteiger partial charge in [0.15, 0.2) is 0 Å². The molecule has 0 spiro atoms.